The number of aliphatic imine (C=N–C) groups is 1. The van der Waals surface area contributed by atoms with Gasteiger partial charge in [-0.3, -0.25) is 9.79 Å². The molecule has 0 spiro atoms. The van der Waals surface area contributed by atoms with Gasteiger partial charge in [0.05, 0.1) is 7.11 Å². The minimum atomic E-state index is 0.165. The van der Waals surface area contributed by atoms with E-state index in [-0.39, 0.29) is 5.92 Å². The Morgan fingerprint density at radius 2 is 2.00 bits per heavy atom. The highest BCUT2D eigenvalue weighted by atomic mass is 35.5. The lowest BCUT2D eigenvalue weighted by Gasteiger charge is -2.34. The lowest BCUT2D eigenvalue weighted by molar-refractivity contribution is -0.136. The van der Waals surface area contributed by atoms with E-state index in [4.69, 9.17) is 16.3 Å². The van der Waals surface area contributed by atoms with Crippen molar-refractivity contribution in [3.05, 3.63) is 28.8 Å². The summed E-state index contributed by atoms with van der Waals surface area (Å²) in [6.45, 7) is 6.54. The number of hydrogen-bond acceptors (Lipinski definition) is 3. The number of halogens is 1. The van der Waals surface area contributed by atoms with Crippen molar-refractivity contribution in [3.63, 3.8) is 0 Å². The second-order valence-corrected chi connectivity index (χ2v) is 7.87. The molecule has 1 saturated heterocycles. The molecule has 0 aromatic heterocycles. The highest BCUT2D eigenvalue weighted by Gasteiger charge is 2.26. The van der Waals surface area contributed by atoms with Crippen molar-refractivity contribution in [2.45, 2.75) is 52.0 Å². The molecule has 7 heteroatoms. The molecule has 2 N–H and O–H groups in total. The van der Waals surface area contributed by atoms with Crippen LogP contribution in [0.2, 0.25) is 5.02 Å². The van der Waals surface area contributed by atoms with Gasteiger partial charge in [0.2, 0.25) is 5.91 Å². The zero-order valence-corrected chi connectivity index (χ0v) is 18.9. The van der Waals surface area contributed by atoms with Crippen LogP contribution in [-0.2, 0) is 11.2 Å². The Morgan fingerprint density at radius 1 is 1.31 bits per heavy atom. The van der Waals surface area contributed by atoms with Crippen molar-refractivity contribution >= 4 is 23.5 Å². The summed E-state index contributed by atoms with van der Waals surface area (Å²) < 4.78 is 5.19. The Kier molecular flexibility index (Phi) is 9.58. The zero-order valence-electron chi connectivity index (χ0n) is 18.1. The van der Waals surface area contributed by atoms with Crippen LogP contribution < -0.4 is 15.4 Å². The van der Waals surface area contributed by atoms with Gasteiger partial charge in [0.1, 0.15) is 5.75 Å². The summed E-state index contributed by atoms with van der Waals surface area (Å²) >= 11 is 6.31. The first kappa shape index (κ1) is 23.3. The quantitative estimate of drug-likeness (QED) is 0.497. The van der Waals surface area contributed by atoms with E-state index >= 15 is 0 Å². The van der Waals surface area contributed by atoms with Gasteiger partial charge in [0.15, 0.2) is 5.96 Å². The number of ether oxygens (including phenoxy) is 1. The van der Waals surface area contributed by atoms with Crippen molar-refractivity contribution in [1.82, 2.24) is 15.5 Å². The van der Waals surface area contributed by atoms with Crippen LogP contribution in [0.1, 0.15) is 45.1 Å². The Morgan fingerprint density at radius 3 is 2.55 bits per heavy atom. The first-order valence-corrected chi connectivity index (χ1v) is 11.0. The first-order valence-electron chi connectivity index (χ1n) is 10.6. The molecular formula is C22H35ClN4O2. The van der Waals surface area contributed by atoms with E-state index in [1.165, 1.54) is 0 Å². The Labute approximate surface area is 180 Å². The van der Waals surface area contributed by atoms with Crippen molar-refractivity contribution < 1.29 is 9.53 Å². The molecule has 0 atom stereocenters. The normalized spacial score (nSPS) is 15.5. The highest BCUT2D eigenvalue weighted by Crippen LogP contribution is 2.22. The van der Waals surface area contributed by atoms with E-state index in [0.717, 1.165) is 69.0 Å². The molecule has 6 nitrogen and oxygen atoms in total. The molecule has 0 radical (unpaired) electrons. The van der Waals surface area contributed by atoms with Crippen LogP contribution in [-0.4, -0.2) is 56.6 Å². The third kappa shape index (κ3) is 6.81. The molecule has 1 heterocycles. The summed E-state index contributed by atoms with van der Waals surface area (Å²) in [5.74, 6) is 2.03. The van der Waals surface area contributed by atoms with E-state index in [0.29, 0.717) is 17.0 Å². The van der Waals surface area contributed by atoms with Crippen LogP contribution in [0.15, 0.2) is 23.2 Å². The molecule has 1 aliphatic rings. The summed E-state index contributed by atoms with van der Waals surface area (Å²) in [5.41, 5.74) is 1.07. The number of piperidine rings is 1. The van der Waals surface area contributed by atoms with Crippen molar-refractivity contribution in [1.29, 1.82) is 0 Å². The van der Waals surface area contributed by atoms with Crippen LogP contribution in [0.25, 0.3) is 0 Å². The minimum Gasteiger partial charge on any atom is -0.497 e. The topological polar surface area (TPSA) is 66.0 Å². The molecule has 0 aliphatic carbocycles. The average Bonchev–Trinajstić information content (AvgIpc) is 2.75. The molecule has 1 fully saturated rings. The van der Waals surface area contributed by atoms with E-state index in [9.17, 15) is 4.79 Å². The largest absolute Gasteiger partial charge is 0.497 e. The SMILES string of the molecule is CCC(CC)C(=O)N1CCC(NC(=NC)NCCc2ccc(OC)cc2Cl)CC1. The number of nitrogens with zero attached hydrogens (tertiary/aromatic N) is 2. The maximum Gasteiger partial charge on any atom is 0.225 e. The van der Waals surface area contributed by atoms with Crippen LogP contribution in [0.3, 0.4) is 0 Å². The second kappa shape index (κ2) is 11.9. The van der Waals surface area contributed by atoms with Crippen molar-refractivity contribution in [3.8, 4) is 5.75 Å². The van der Waals surface area contributed by atoms with E-state index in [1.807, 2.05) is 23.1 Å². The second-order valence-electron chi connectivity index (χ2n) is 7.46. The van der Waals surface area contributed by atoms with Gasteiger partial charge in [0.25, 0.3) is 0 Å². The molecule has 0 unspecified atom stereocenters. The monoisotopic (exact) mass is 422 g/mol. The number of methoxy groups -OCH3 is 1. The predicted molar refractivity (Wildman–Crippen MR) is 120 cm³/mol. The molecule has 0 bridgehead atoms. The highest BCUT2D eigenvalue weighted by molar-refractivity contribution is 6.31. The first-order chi connectivity index (χ1) is 14.0. The maximum absolute atomic E-state index is 12.5. The van der Waals surface area contributed by atoms with Gasteiger partial charge >= 0.3 is 0 Å². The van der Waals surface area contributed by atoms with Crippen LogP contribution in [0, 0.1) is 5.92 Å². The van der Waals surface area contributed by atoms with Gasteiger partial charge in [0, 0.05) is 43.7 Å². The minimum absolute atomic E-state index is 0.165. The number of amides is 1. The summed E-state index contributed by atoms with van der Waals surface area (Å²) in [5, 5.41) is 7.56. The number of guanidine groups is 1. The fourth-order valence-corrected chi connectivity index (χ4v) is 3.97. The lowest BCUT2D eigenvalue weighted by Crippen LogP contribution is -2.50. The summed E-state index contributed by atoms with van der Waals surface area (Å²) in [7, 11) is 3.41. The van der Waals surface area contributed by atoms with Crippen LogP contribution >= 0.6 is 11.6 Å². The number of hydrogen-bond donors (Lipinski definition) is 2. The van der Waals surface area contributed by atoms with Gasteiger partial charge in [-0.25, -0.2) is 0 Å². The van der Waals surface area contributed by atoms with E-state index < -0.39 is 0 Å². The molecule has 2 rings (SSSR count). The standard InChI is InChI=1S/C22H35ClN4O2/c1-5-16(6-2)21(28)27-13-10-18(11-14-27)26-22(24-3)25-12-9-17-7-8-19(29-4)15-20(17)23/h7-8,15-16,18H,5-6,9-14H2,1-4H3,(H2,24,25,26). The summed E-state index contributed by atoms with van der Waals surface area (Å²) in [4.78, 5) is 18.9. The molecule has 1 aliphatic heterocycles. The van der Waals surface area contributed by atoms with E-state index in [2.05, 4.69) is 29.5 Å². The van der Waals surface area contributed by atoms with Crippen LogP contribution in [0.4, 0.5) is 0 Å². The molecule has 162 valence electrons. The molecule has 1 aromatic rings. The number of likely N-dealkylation sites (tertiary alicyclic amines) is 1. The summed E-state index contributed by atoms with van der Waals surface area (Å²) in [6, 6.07) is 6.08. The Bertz CT molecular complexity index is 683. The van der Waals surface area contributed by atoms with Crippen LogP contribution in [0.5, 0.6) is 5.75 Å². The number of carbonyl (C=O) groups is 1. The molecule has 1 aromatic carbocycles. The third-order valence-corrected chi connectivity index (χ3v) is 6.00. The lowest BCUT2D eigenvalue weighted by atomic mass is 9.98. The van der Waals surface area contributed by atoms with Gasteiger partial charge in [-0.15, -0.1) is 0 Å². The van der Waals surface area contributed by atoms with Gasteiger partial charge in [-0.1, -0.05) is 31.5 Å². The van der Waals surface area contributed by atoms with E-state index in [1.54, 1.807) is 14.2 Å². The van der Waals surface area contributed by atoms with Crippen molar-refractivity contribution in [2.75, 3.05) is 33.8 Å². The van der Waals surface area contributed by atoms with Gasteiger partial charge in [-0.05, 0) is 49.8 Å². The predicted octanol–water partition coefficient (Wildman–Crippen LogP) is 3.48. The average molecular weight is 423 g/mol. The maximum atomic E-state index is 12.5. The Hall–Kier alpha value is -1.95. The fourth-order valence-electron chi connectivity index (χ4n) is 3.70. The number of carbonyl (C=O) groups excluding carboxylic acids is 1. The smallest absolute Gasteiger partial charge is 0.225 e. The van der Waals surface area contributed by atoms with Gasteiger partial charge in [-0.2, -0.15) is 0 Å². The fraction of sp³-hybridized carbons (Fsp3) is 0.636. The molecular weight excluding hydrogens is 388 g/mol. The number of benzene rings is 1. The van der Waals surface area contributed by atoms with Gasteiger partial charge < -0.3 is 20.3 Å². The van der Waals surface area contributed by atoms with Crippen molar-refractivity contribution in [2.24, 2.45) is 10.9 Å². The molecule has 1 amide bonds. The Balaban J connectivity index is 1.76. The zero-order chi connectivity index (χ0) is 21.2. The number of nitrogens with one attached hydrogen (secondary N) is 2. The third-order valence-electron chi connectivity index (χ3n) is 5.65. The molecule has 0 saturated carbocycles. The number of rotatable bonds is 8. The summed E-state index contributed by atoms with van der Waals surface area (Å²) in [6.07, 6.45) is 4.52. The molecule has 29 heavy (non-hydrogen) atoms.